The van der Waals surface area contributed by atoms with Crippen molar-refractivity contribution in [1.82, 2.24) is 9.78 Å². The molecule has 0 aliphatic heterocycles. The Labute approximate surface area is 96.1 Å². The lowest BCUT2D eigenvalue weighted by Crippen LogP contribution is -2.10. The molecule has 0 unspecified atom stereocenters. The molecule has 3 nitrogen and oxygen atoms in total. The summed E-state index contributed by atoms with van der Waals surface area (Å²) in [6.45, 7) is 4.22. The standard InChI is InChI=1S/C13H17N3/c1-10(2)14-13-9-12(16(3)15-13)11-7-5-4-6-8-11/h4-10H,1-3H3,(H,14,15). The van der Waals surface area contributed by atoms with Gasteiger partial charge in [0.25, 0.3) is 0 Å². The van der Waals surface area contributed by atoms with E-state index in [9.17, 15) is 0 Å². The van der Waals surface area contributed by atoms with Crippen molar-refractivity contribution < 1.29 is 0 Å². The van der Waals surface area contributed by atoms with Crippen LogP contribution in [0.5, 0.6) is 0 Å². The number of rotatable bonds is 3. The highest BCUT2D eigenvalue weighted by Gasteiger charge is 2.07. The molecule has 1 aromatic heterocycles. The van der Waals surface area contributed by atoms with Gasteiger partial charge in [0.1, 0.15) is 5.82 Å². The summed E-state index contributed by atoms with van der Waals surface area (Å²) in [6.07, 6.45) is 0. The molecular weight excluding hydrogens is 198 g/mol. The van der Waals surface area contributed by atoms with E-state index in [2.05, 4.69) is 42.5 Å². The first-order valence-corrected chi connectivity index (χ1v) is 5.53. The van der Waals surface area contributed by atoms with E-state index in [-0.39, 0.29) is 0 Å². The van der Waals surface area contributed by atoms with E-state index < -0.39 is 0 Å². The minimum absolute atomic E-state index is 0.401. The van der Waals surface area contributed by atoms with Crippen molar-refractivity contribution in [2.45, 2.75) is 19.9 Å². The van der Waals surface area contributed by atoms with E-state index in [1.807, 2.05) is 29.9 Å². The van der Waals surface area contributed by atoms with Gasteiger partial charge < -0.3 is 5.32 Å². The molecule has 0 aliphatic rings. The fourth-order valence-corrected chi connectivity index (χ4v) is 1.71. The van der Waals surface area contributed by atoms with Crippen LogP contribution < -0.4 is 5.32 Å². The molecule has 3 heteroatoms. The largest absolute Gasteiger partial charge is 0.366 e. The summed E-state index contributed by atoms with van der Waals surface area (Å²) < 4.78 is 1.90. The molecule has 1 heterocycles. The van der Waals surface area contributed by atoms with Gasteiger partial charge in [0, 0.05) is 19.2 Å². The zero-order chi connectivity index (χ0) is 11.5. The highest BCUT2D eigenvalue weighted by Crippen LogP contribution is 2.21. The van der Waals surface area contributed by atoms with Gasteiger partial charge in [-0.25, -0.2) is 0 Å². The molecule has 0 aliphatic carbocycles. The van der Waals surface area contributed by atoms with Crippen molar-refractivity contribution in [2.24, 2.45) is 7.05 Å². The maximum absolute atomic E-state index is 4.43. The molecule has 2 aromatic rings. The lowest BCUT2D eigenvalue weighted by molar-refractivity contribution is 0.769. The fraction of sp³-hybridized carbons (Fsp3) is 0.308. The maximum atomic E-state index is 4.43. The minimum atomic E-state index is 0.401. The second-order valence-corrected chi connectivity index (χ2v) is 4.20. The van der Waals surface area contributed by atoms with Crippen LogP contribution in [0.4, 0.5) is 5.82 Å². The molecule has 0 saturated carbocycles. The van der Waals surface area contributed by atoms with Crippen LogP contribution in [0.15, 0.2) is 36.4 Å². The quantitative estimate of drug-likeness (QED) is 0.853. The second-order valence-electron chi connectivity index (χ2n) is 4.20. The summed E-state index contributed by atoms with van der Waals surface area (Å²) >= 11 is 0. The second kappa shape index (κ2) is 4.39. The Morgan fingerprint density at radius 3 is 2.50 bits per heavy atom. The van der Waals surface area contributed by atoms with Crippen molar-refractivity contribution in [3.8, 4) is 11.3 Å². The molecule has 1 N–H and O–H groups in total. The lowest BCUT2D eigenvalue weighted by atomic mass is 10.1. The van der Waals surface area contributed by atoms with Crippen molar-refractivity contribution in [1.29, 1.82) is 0 Å². The molecule has 0 saturated heterocycles. The van der Waals surface area contributed by atoms with E-state index in [4.69, 9.17) is 0 Å². The van der Waals surface area contributed by atoms with Crippen molar-refractivity contribution in [3.63, 3.8) is 0 Å². The summed E-state index contributed by atoms with van der Waals surface area (Å²) in [5.41, 5.74) is 2.32. The van der Waals surface area contributed by atoms with E-state index in [0.717, 1.165) is 11.5 Å². The monoisotopic (exact) mass is 215 g/mol. The molecule has 2 rings (SSSR count). The summed E-state index contributed by atoms with van der Waals surface area (Å²) in [6, 6.07) is 12.8. The van der Waals surface area contributed by atoms with Crippen molar-refractivity contribution >= 4 is 5.82 Å². The van der Waals surface area contributed by atoms with Crippen molar-refractivity contribution in [3.05, 3.63) is 36.4 Å². The number of anilines is 1. The molecule has 0 bridgehead atoms. The van der Waals surface area contributed by atoms with Gasteiger partial charge in [-0.3, -0.25) is 4.68 Å². The fourth-order valence-electron chi connectivity index (χ4n) is 1.71. The first kappa shape index (κ1) is 10.7. The van der Waals surface area contributed by atoms with Crippen LogP contribution in [0.25, 0.3) is 11.3 Å². The van der Waals surface area contributed by atoms with E-state index in [0.29, 0.717) is 6.04 Å². The average molecular weight is 215 g/mol. The highest BCUT2D eigenvalue weighted by atomic mass is 15.3. The molecule has 84 valence electrons. The summed E-state index contributed by atoms with van der Waals surface area (Å²) in [4.78, 5) is 0. The maximum Gasteiger partial charge on any atom is 0.148 e. The van der Waals surface area contributed by atoms with Gasteiger partial charge in [0.15, 0.2) is 0 Å². The Morgan fingerprint density at radius 1 is 1.19 bits per heavy atom. The highest BCUT2D eigenvalue weighted by molar-refractivity contribution is 5.63. The predicted molar refractivity (Wildman–Crippen MR) is 67.4 cm³/mol. The molecule has 0 spiro atoms. The molecule has 0 fully saturated rings. The van der Waals surface area contributed by atoms with Crippen LogP contribution in [-0.4, -0.2) is 15.8 Å². The SMILES string of the molecule is CC(C)Nc1cc(-c2ccccc2)n(C)n1. The van der Waals surface area contributed by atoms with Gasteiger partial charge in [-0.1, -0.05) is 30.3 Å². The first-order chi connectivity index (χ1) is 7.66. The van der Waals surface area contributed by atoms with E-state index in [1.54, 1.807) is 0 Å². The summed E-state index contributed by atoms with van der Waals surface area (Å²) in [5, 5.41) is 7.74. The topological polar surface area (TPSA) is 29.9 Å². The smallest absolute Gasteiger partial charge is 0.148 e. The third kappa shape index (κ3) is 2.24. The summed E-state index contributed by atoms with van der Waals surface area (Å²) in [7, 11) is 1.97. The number of aromatic nitrogens is 2. The Kier molecular flexibility index (Phi) is 2.95. The Morgan fingerprint density at radius 2 is 1.88 bits per heavy atom. The molecule has 0 atom stereocenters. The third-order valence-corrected chi connectivity index (χ3v) is 2.39. The third-order valence-electron chi connectivity index (χ3n) is 2.39. The molecule has 0 amide bonds. The van der Waals surface area contributed by atoms with Crippen molar-refractivity contribution in [2.75, 3.05) is 5.32 Å². The number of nitrogens with one attached hydrogen (secondary N) is 1. The predicted octanol–water partition coefficient (Wildman–Crippen LogP) is 2.91. The van der Waals surface area contributed by atoms with Crippen LogP contribution in [0.1, 0.15) is 13.8 Å². The molecule has 1 aromatic carbocycles. The number of nitrogens with zero attached hydrogens (tertiary/aromatic N) is 2. The van der Waals surface area contributed by atoms with Gasteiger partial charge >= 0.3 is 0 Å². The number of hydrogen-bond acceptors (Lipinski definition) is 2. The molecular formula is C13H17N3. The Bertz CT molecular complexity index is 457. The van der Waals surface area contributed by atoms with Crippen LogP contribution in [0.3, 0.4) is 0 Å². The van der Waals surface area contributed by atoms with Gasteiger partial charge in [-0.15, -0.1) is 0 Å². The number of benzene rings is 1. The normalized spacial score (nSPS) is 10.8. The van der Waals surface area contributed by atoms with Gasteiger partial charge in [-0.2, -0.15) is 5.10 Å². The van der Waals surface area contributed by atoms with Crippen LogP contribution in [0, 0.1) is 0 Å². The Balaban J connectivity index is 2.32. The Hall–Kier alpha value is -1.77. The van der Waals surface area contributed by atoms with Crippen LogP contribution in [-0.2, 0) is 7.05 Å². The lowest BCUT2D eigenvalue weighted by Gasteiger charge is -2.04. The molecule has 0 radical (unpaired) electrons. The zero-order valence-electron chi connectivity index (χ0n) is 9.94. The van der Waals surface area contributed by atoms with E-state index >= 15 is 0 Å². The average Bonchev–Trinajstić information content (AvgIpc) is 2.60. The van der Waals surface area contributed by atoms with Gasteiger partial charge in [0.2, 0.25) is 0 Å². The summed E-state index contributed by atoms with van der Waals surface area (Å²) in [5.74, 6) is 0.927. The zero-order valence-corrected chi connectivity index (χ0v) is 9.94. The first-order valence-electron chi connectivity index (χ1n) is 5.53. The van der Waals surface area contributed by atoms with Crippen LogP contribution >= 0.6 is 0 Å². The molecule has 16 heavy (non-hydrogen) atoms. The minimum Gasteiger partial charge on any atom is -0.366 e. The van der Waals surface area contributed by atoms with Gasteiger partial charge in [-0.05, 0) is 19.4 Å². The number of hydrogen-bond donors (Lipinski definition) is 1. The number of aryl methyl sites for hydroxylation is 1. The van der Waals surface area contributed by atoms with Crippen LogP contribution in [0.2, 0.25) is 0 Å². The van der Waals surface area contributed by atoms with Gasteiger partial charge in [0.05, 0.1) is 5.69 Å². The van der Waals surface area contributed by atoms with E-state index in [1.165, 1.54) is 5.56 Å².